The van der Waals surface area contributed by atoms with Gasteiger partial charge in [-0.05, 0) is 34.4 Å². The van der Waals surface area contributed by atoms with Crippen LogP contribution in [0.15, 0.2) is 60.7 Å². The minimum atomic E-state index is -0.206. The van der Waals surface area contributed by atoms with Gasteiger partial charge in [0.05, 0.1) is 15.4 Å². The van der Waals surface area contributed by atoms with Gasteiger partial charge in [0, 0.05) is 0 Å². The van der Waals surface area contributed by atoms with Crippen LogP contribution in [0.2, 0.25) is 10.0 Å². The Morgan fingerprint density at radius 2 is 1.52 bits per heavy atom. The van der Waals surface area contributed by atoms with Crippen LogP contribution in [0.4, 0.5) is 0 Å². The fourth-order valence-electron chi connectivity index (χ4n) is 2.54. The summed E-state index contributed by atoms with van der Waals surface area (Å²) in [5.74, 6) is 0. The molecule has 0 aliphatic rings. The largest absolute Gasteiger partial charge is 0.117 e. The maximum absolute atomic E-state index is 6.58. The van der Waals surface area contributed by atoms with Crippen molar-refractivity contribution in [2.45, 2.75) is 11.8 Å². The zero-order valence-corrected chi connectivity index (χ0v) is 13.5. The molecule has 0 saturated heterocycles. The molecule has 0 radical (unpaired) electrons. The van der Waals surface area contributed by atoms with Gasteiger partial charge >= 0.3 is 0 Å². The Kier molecular flexibility index (Phi) is 4.40. The molecule has 0 nitrogen and oxygen atoms in total. The van der Waals surface area contributed by atoms with E-state index in [1.54, 1.807) is 6.07 Å². The van der Waals surface area contributed by atoms with Gasteiger partial charge in [0.1, 0.15) is 0 Å². The average molecular weight is 336 g/mol. The molecule has 3 heteroatoms. The van der Waals surface area contributed by atoms with E-state index in [4.69, 9.17) is 34.8 Å². The van der Waals surface area contributed by atoms with E-state index in [1.807, 2.05) is 24.3 Å². The van der Waals surface area contributed by atoms with Crippen LogP contribution >= 0.6 is 34.8 Å². The van der Waals surface area contributed by atoms with Gasteiger partial charge in [-0.1, -0.05) is 77.8 Å². The first kappa shape index (κ1) is 14.7. The molecule has 1 unspecified atom stereocenters. The summed E-state index contributed by atoms with van der Waals surface area (Å²) >= 11 is 18.9. The SMILES string of the molecule is Clc1cccc(C(Cl)Cc2cccc3ccccc23)c1Cl. The zero-order valence-electron chi connectivity index (χ0n) is 11.2. The molecule has 3 aromatic carbocycles. The first-order valence-corrected chi connectivity index (χ1v) is 7.90. The Bertz CT molecular complexity index is 775. The highest BCUT2D eigenvalue weighted by Gasteiger charge is 2.15. The topological polar surface area (TPSA) is 0 Å². The molecule has 0 aliphatic heterocycles. The van der Waals surface area contributed by atoms with Gasteiger partial charge in [0.15, 0.2) is 0 Å². The van der Waals surface area contributed by atoms with Crippen molar-refractivity contribution in [2.24, 2.45) is 0 Å². The predicted octanol–water partition coefficient (Wildman–Crippen LogP) is 6.67. The Hall–Kier alpha value is -1.21. The molecule has 0 saturated carbocycles. The molecule has 0 spiro atoms. The second-order valence-corrected chi connectivity index (χ2v) is 6.26. The molecule has 3 rings (SSSR count). The highest BCUT2D eigenvalue weighted by atomic mass is 35.5. The fourth-order valence-corrected chi connectivity index (χ4v) is 3.38. The van der Waals surface area contributed by atoms with Crippen LogP contribution in [0, 0.1) is 0 Å². The lowest BCUT2D eigenvalue weighted by Crippen LogP contribution is -1.98. The van der Waals surface area contributed by atoms with Crippen molar-refractivity contribution in [1.82, 2.24) is 0 Å². The molecule has 0 N–H and O–H groups in total. The van der Waals surface area contributed by atoms with E-state index in [-0.39, 0.29) is 5.38 Å². The number of alkyl halides is 1. The lowest BCUT2D eigenvalue weighted by Gasteiger charge is -2.14. The van der Waals surface area contributed by atoms with Crippen molar-refractivity contribution in [3.05, 3.63) is 81.8 Å². The fraction of sp³-hybridized carbons (Fsp3) is 0.111. The van der Waals surface area contributed by atoms with Crippen LogP contribution < -0.4 is 0 Å². The third-order valence-electron chi connectivity index (χ3n) is 3.60. The number of fused-ring (bicyclic) bond motifs is 1. The van der Waals surface area contributed by atoms with E-state index in [0.29, 0.717) is 16.5 Å². The quantitative estimate of drug-likeness (QED) is 0.469. The Morgan fingerprint density at radius 1 is 0.810 bits per heavy atom. The van der Waals surface area contributed by atoms with Crippen LogP contribution in [-0.4, -0.2) is 0 Å². The Morgan fingerprint density at radius 3 is 2.38 bits per heavy atom. The molecule has 0 bridgehead atoms. The molecule has 106 valence electrons. The van der Waals surface area contributed by atoms with Gasteiger partial charge in [-0.15, -0.1) is 11.6 Å². The number of rotatable bonds is 3. The van der Waals surface area contributed by atoms with Gasteiger partial charge in [-0.25, -0.2) is 0 Å². The Balaban J connectivity index is 1.97. The van der Waals surface area contributed by atoms with E-state index >= 15 is 0 Å². The summed E-state index contributed by atoms with van der Waals surface area (Å²) in [6, 6.07) is 20.2. The summed E-state index contributed by atoms with van der Waals surface area (Å²) in [6.07, 6.45) is 0.711. The molecule has 0 aromatic heterocycles. The standard InChI is InChI=1S/C18H13Cl3/c19-16-10-4-9-15(18(16)21)17(20)11-13-7-3-6-12-5-1-2-8-14(12)13/h1-10,17H,11H2. The molecule has 0 heterocycles. The minimum absolute atomic E-state index is 0.206. The van der Waals surface area contributed by atoms with Gasteiger partial charge < -0.3 is 0 Å². The van der Waals surface area contributed by atoms with Crippen molar-refractivity contribution in [2.75, 3.05) is 0 Å². The first-order chi connectivity index (χ1) is 10.2. The molecule has 0 fully saturated rings. The second-order valence-electron chi connectivity index (χ2n) is 4.95. The molecular formula is C18H13Cl3. The van der Waals surface area contributed by atoms with Crippen molar-refractivity contribution < 1.29 is 0 Å². The van der Waals surface area contributed by atoms with Crippen molar-refractivity contribution in [1.29, 1.82) is 0 Å². The summed E-state index contributed by atoms with van der Waals surface area (Å²) in [7, 11) is 0. The molecule has 21 heavy (non-hydrogen) atoms. The average Bonchev–Trinajstić information content (AvgIpc) is 2.50. The smallest absolute Gasteiger partial charge is 0.0640 e. The van der Waals surface area contributed by atoms with E-state index in [1.165, 1.54) is 16.3 Å². The van der Waals surface area contributed by atoms with Crippen LogP contribution in [0.25, 0.3) is 10.8 Å². The van der Waals surface area contributed by atoms with E-state index in [0.717, 1.165) is 5.56 Å². The van der Waals surface area contributed by atoms with Crippen LogP contribution in [0.3, 0.4) is 0 Å². The molecular weight excluding hydrogens is 323 g/mol. The summed E-state index contributed by atoms with van der Waals surface area (Å²) in [5, 5.41) is 3.32. The van der Waals surface area contributed by atoms with Crippen molar-refractivity contribution >= 4 is 45.6 Å². The lowest BCUT2D eigenvalue weighted by atomic mass is 9.98. The monoisotopic (exact) mass is 334 g/mol. The first-order valence-electron chi connectivity index (χ1n) is 6.71. The molecule has 0 amide bonds. The van der Waals surface area contributed by atoms with Gasteiger partial charge in [0.2, 0.25) is 0 Å². The highest BCUT2D eigenvalue weighted by molar-refractivity contribution is 6.43. The number of halogens is 3. The van der Waals surface area contributed by atoms with Crippen molar-refractivity contribution in [3.8, 4) is 0 Å². The van der Waals surface area contributed by atoms with E-state index in [9.17, 15) is 0 Å². The van der Waals surface area contributed by atoms with Crippen LogP contribution in [0.1, 0.15) is 16.5 Å². The predicted molar refractivity (Wildman–Crippen MR) is 92.7 cm³/mol. The maximum Gasteiger partial charge on any atom is 0.0640 e. The van der Waals surface area contributed by atoms with Crippen LogP contribution in [-0.2, 0) is 6.42 Å². The normalized spacial score (nSPS) is 12.5. The number of hydrogen-bond donors (Lipinski definition) is 0. The summed E-state index contributed by atoms with van der Waals surface area (Å²) in [5.41, 5.74) is 2.09. The Labute approximate surface area is 139 Å². The summed E-state index contributed by atoms with van der Waals surface area (Å²) in [4.78, 5) is 0. The molecule has 0 aliphatic carbocycles. The number of benzene rings is 3. The van der Waals surface area contributed by atoms with Gasteiger partial charge in [-0.2, -0.15) is 0 Å². The van der Waals surface area contributed by atoms with E-state index < -0.39 is 0 Å². The lowest BCUT2D eigenvalue weighted by molar-refractivity contribution is 0.928. The second kappa shape index (κ2) is 6.27. The summed E-state index contributed by atoms with van der Waals surface area (Å²) in [6.45, 7) is 0. The highest BCUT2D eigenvalue weighted by Crippen LogP contribution is 2.36. The third kappa shape index (κ3) is 3.03. The van der Waals surface area contributed by atoms with Crippen LogP contribution in [0.5, 0.6) is 0 Å². The van der Waals surface area contributed by atoms with Crippen molar-refractivity contribution in [3.63, 3.8) is 0 Å². The third-order valence-corrected chi connectivity index (χ3v) is 4.82. The maximum atomic E-state index is 6.58. The van der Waals surface area contributed by atoms with Gasteiger partial charge in [-0.3, -0.25) is 0 Å². The number of hydrogen-bond acceptors (Lipinski definition) is 0. The van der Waals surface area contributed by atoms with Gasteiger partial charge in [0.25, 0.3) is 0 Å². The molecule has 3 aromatic rings. The molecule has 1 atom stereocenters. The van der Waals surface area contributed by atoms with E-state index in [2.05, 4.69) is 30.3 Å². The zero-order chi connectivity index (χ0) is 14.8. The summed E-state index contributed by atoms with van der Waals surface area (Å²) < 4.78 is 0. The minimum Gasteiger partial charge on any atom is -0.117 e.